The number of halogens is 1. The van der Waals surface area contributed by atoms with E-state index in [-0.39, 0.29) is 30.3 Å². The number of carbonyl (C=O) groups excluding carboxylic acids is 1. The van der Waals surface area contributed by atoms with Crippen molar-refractivity contribution < 1.29 is 24.1 Å². The first-order valence-electron chi connectivity index (χ1n) is 12.1. The van der Waals surface area contributed by atoms with E-state index in [0.717, 1.165) is 25.7 Å². The number of rotatable bonds is 5. The Balaban J connectivity index is 1.68. The standard InChI is InChI=1S/C26H41FN2O4/c1-19-14-22(6-7-23(19)27)33-18-26(32)16-28(12-13-29(17-26)20(2)30)15-25(31)10-8-21(9-11-25)24(3,4)5/h6-7,14,21,31-32H,8-13,15-18H2,1-5H3. The van der Waals surface area contributed by atoms with Gasteiger partial charge in [-0.05, 0) is 67.7 Å². The van der Waals surface area contributed by atoms with Gasteiger partial charge in [0.05, 0.1) is 12.1 Å². The van der Waals surface area contributed by atoms with Crippen molar-refractivity contribution in [1.29, 1.82) is 0 Å². The van der Waals surface area contributed by atoms with Crippen LogP contribution in [-0.2, 0) is 4.79 Å². The maximum Gasteiger partial charge on any atom is 0.219 e. The fourth-order valence-corrected chi connectivity index (χ4v) is 5.26. The van der Waals surface area contributed by atoms with E-state index in [9.17, 15) is 19.4 Å². The lowest BCUT2D eigenvalue weighted by Crippen LogP contribution is -2.54. The third kappa shape index (κ3) is 6.90. The van der Waals surface area contributed by atoms with Crippen molar-refractivity contribution >= 4 is 5.91 Å². The van der Waals surface area contributed by atoms with E-state index >= 15 is 0 Å². The second-order valence-corrected chi connectivity index (χ2v) is 11.4. The third-order valence-corrected chi connectivity index (χ3v) is 7.43. The van der Waals surface area contributed by atoms with E-state index in [0.29, 0.717) is 43.4 Å². The fourth-order valence-electron chi connectivity index (χ4n) is 5.26. The van der Waals surface area contributed by atoms with Gasteiger partial charge < -0.3 is 19.8 Å². The van der Waals surface area contributed by atoms with Gasteiger partial charge in [0.1, 0.15) is 23.8 Å². The summed E-state index contributed by atoms with van der Waals surface area (Å²) in [7, 11) is 0. The molecule has 0 bridgehead atoms. The molecule has 1 saturated heterocycles. The van der Waals surface area contributed by atoms with Gasteiger partial charge >= 0.3 is 0 Å². The molecule has 3 rings (SSSR count). The molecule has 1 aromatic carbocycles. The summed E-state index contributed by atoms with van der Waals surface area (Å²) in [6.07, 6.45) is 3.46. The Hall–Kier alpha value is -1.70. The summed E-state index contributed by atoms with van der Waals surface area (Å²) in [5, 5.41) is 22.8. The number of carbonyl (C=O) groups is 1. The van der Waals surface area contributed by atoms with Crippen LogP contribution in [0.1, 0.15) is 58.9 Å². The number of hydrogen-bond acceptors (Lipinski definition) is 5. The van der Waals surface area contributed by atoms with E-state index < -0.39 is 11.2 Å². The SMILES string of the molecule is CC(=O)N1CCN(CC2(O)CCC(C(C)(C)C)CC2)CC(O)(COc2ccc(F)c(C)c2)C1. The highest BCUT2D eigenvalue weighted by Crippen LogP contribution is 2.41. The maximum atomic E-state index is 13.6. The molecule has 1 aromatic rings. The smallest absolute Gasteiger partial charge is 0.219 e. The monoisotopic (exact) mass is 464 g/mol. The van der Waals surface area contributed by atoms with Crippen molar-refractivity contribution in [3.05, 3.63) is 29.6 Å². The topological polar surface area (TPSA) is 73.2 Å². The fraction of sp³-hybridized carbons (Fsp3) is 0.731. The molecule has 0 aromatic heterocycles. The van der Waals surface area contributed by atoms with E-state index in [1.807, 2.05) is 0 Å². The van der Waals surface area contributed by atoms with Gasteiger partial charge in [-0.3, -0.25) is 9.69 Å². The molecule has 0 radical (unpaired) electrons. The number of hydrogen-bond donors (Lipinski definition) is 2. The van der Waals surface area contributed by atoms with Crippen LogP contribution in [-0.4, -0.2) is 76.5 Å². The molecule has 1 atom stereocenters. The van der Waals surface area contributed by atoms with Gasteiger partial charge in [-0.25, -0.2) is 4.39 Å². The van der Waals surface area contributed by atoms with Gasteiger partial charge in [-0.1, -0.05) is 20.8 Å². The Labute approximate surface area is 197 Å². The predicted molar refractivity (Wildman–Crippen MR) is 127 cm³/mol. The first kappa shape index (κ1) is 25.9. The molecule has 2 N–H and O–H groups in total. The molecule has 6 nitrogen and oxygen atoms in total. The lowest BCUT2D eigenvalue weighted by molar-refractivity contribution is -0.132. The number of benzene rings is 1. The largest absolute Gasteiger partial charge is 0.490 e. The molecule has 1 unspecified atom stereocenters. The summed E-state index contributed by atoms with van der Waals surface area (Å²) >= 11 is 0. The number of aliphatic hydroxyl groups is 2. The van der Waals surface area contributed by atoms with E-state index in [1.165, 1.54) is 13.0 Å². The van der Waals surface area contributed by atoms with Gasteiger partial charge in [0.15, 0.2) is 0 Å². The summed E-state index contributed by atoms with van der Waals surface area (Å²) in [6, 6.07) is 4.49. The summed E-state index contributed by atoms with van der Waals surface area (Å²) < 4.78 is 19.4. The molecule has 1 heterocycles. The minimum atomic E-state index is -1.30. The van der Waals surface area contributed by atoms with Crippen LogP contribution in [0.3, 0.4) is 0 Å². The minimum absolute atomic E-state index is 0.0249. The quantitative estimate of drug-likeness (QED) is 0.699. The molecule has 7 heteroatoms. The van der Waals surface area contributed by atoms with Gasteiger partial charge in [0.25, 0.3) is 0 Å². The van der Waals surface area contributed by atoms with Crippen LogP contribution >= 0.6 is 0 Å². The number of ether oxygens (including phenoxy) is 1. The lowest BCUT2D eigenvalue weighted by atomic mass is 9.68. The predicted octanol–water partition coefficient (Wildman–Crippen LogP) is 3.38. The molecule has 1 aliphatic carbocycles. The zero-order chi connectivity index (χ0) is 24.4. The van der Waals surface area contributed by atoms with Crippen molar-refractivity contribution in [3.63, 3.8) is 0 Å². The molecule has 1 saturated carbocycles. The Morgan fingerprint density at radius 1 is 1.15 bits per heavy atom. The lowest BCUT2D eigenvalue weighted by Gasteiger charge is -2.43. The van der Waals surface area contributed by atoms with Crippen LogP contribution < -0.4 is 4.74 Å². The Kier molecular flexibility index (Phi) is 7.76. The minimum Gasteiger partial charge on any atom is -0.490 e. The molecule has 186 valence electrons. The number of β-amino-alcohol motifs (C(OH)–C–C–N with tert-alkyl or cyclic N) is 2. The highest BCUT2D eigenvalue weighted by atomic mass is 19.1. The van der Waals surface area contributed by atoms with Gasteiger partial charge in [-0.2, -0.15) is 0 Å². The van der Waals surface area contributed by atoms with Crippen LogP contribution in [0.2, 0.25) is 0 Å². The van der Waals surface area contributed by atoms with Gasteiger partial charge in [-0.15, -0.1) is 0 Å². The number of nitrogens with zero attached hydrogens (tertiary/aromatic N) is 2. The second-order valence-electron chi connectivity index (χ2n) is 11.4. The molecule has 0 spiro atoms. The summed E-state index contributed by atoms with van der Waals surface area (Å²) in [6.45, 7) is 11.9. The first-order chi connectivity index (χ1) is 15.3. The molecule has 2 aliphatic rings. The zero-order valence-electron chi connectivity index (χ0n) is 20.9. The molecule has 1 amide bonds. The van der Waals surface area contributed by atoms with Crippen molar-refractivity contribution in [2.75, 3.05) is 39.3 Å². The molecular formula is C26H41FN2O4. The zero-order valence-corrected chi connectivity index (χ0v) is 20.9. The van der Waals surface area contributed by atoms with Crippen LogP contribution in [0.25, 0.3) is 0 Å². The summed E-state index contributed by atoms with van der Waals surface area (Å²) in [4.78, 5) is 15.9. The Bertz CT molecular complexity index is 832. The highest BCUT2D eigenvalue weighted by molar-refractivity contribution is 5.73. The first-order valence-corrected chi connectivity index (χ1v) is 12.1. The normalized spacial score (nSPS) is 29.6. The third-order valence-electron chi connectivity index (χ3n) is 7.43. The van der Waals surface area contributed by atoms with E-state index in [2.05, 4.69) is 25.7 Å². The molecule has 33 heavy (non-hydrogen) atoms. The van der Waals surface area contributed by atoms with Crippen LogP contribution in [0.4, 0.5) is 4.39 Å². The highest BCUT2D eigenvalue weighted by Gasteiger charge is 2.42. The van der Waals surface area contributed by atoms with Crippen molar-refractivity contribution in [1.82, 2.24) is 9.80 Å². The van der Waals surface area contributed by atoms with Crippen molar-refractivity contribution in [2.45, 2.75) is 71.5 Å². The van der Waals surface area contributed by atoms with Crippen LogP contribution in [0.15, 0.2) is 18.2 Å². The Morgan fingerprint density at radius 2 is 1.82 bits per heavy atom. The molecule has 1 aliphatic heterocycles. The second kappa shape index (κ2) is 9.88. The molecule has 2 fully saturated rings. The Morgan fingerprint density at radius 3 is 2.39 bits per heavy atom. The molecular weight excluding hydrogens is 423 g/mol. The van der Waals surface area contributed by atoms with Gasteiger partial charge in [0, 0.05) is 33.1 Å². The number of aryl methyl sites for hydroxylation is 1. The van der Waals surface area contributed by atoms with E-state index in [1.54, 1.807) is 24.0 Å². The summed E-state index contributed by atoms with van der Waals surface area (Å²) in [5.41, 5.74) is -1.38. The average molecular weight is 465 g/mol. The van der Waals surface area contributed by atoms with E-state index in [4.69, 9.17) is 4.74 Å². The van der Waals surface area contributed by atoms with Crippen molar-refractivity contribution in [2.24, 2.45) is 11.3 Å². The van der Waals surface area contributed by atoms with Crippen LogP contribution in [0, 0.1) is 24.1 Å². The summed E-state index contributed by atoms with van der Waals surface area (Å²) in [5.74, 6) is 0.669. The number of amides is 1. The van der Waals surface area contributed by atoms with Crippen LogP contribution in [0.5, 0.6) is 5.75 Å². The van der Waals surface area contributed by atoms with Crippen molar-refractivity contribution in [3.8, 4) is 5.75 Å². The average Bonchev–Trinajstić information content (AvgIpc) is 2.87. The van der Waals surface area contributed by atoms with Gasteiger partial charge in [0.2, 0.25) is 5.91 Å². The maximum absolute atomic E-state index is 13.6.